The van der Waals surface area contributed by atoms with Crippen LogP contribution in [0.5, 0.6) is 0 Å². The van der Waals surface area contributed by atoms with Crippen LogP contribution in [-0.2, 0) is 13.5 Å². The Balaban J connectivity index is 2.15. The van der Waals surface area contributed by atoms with Gasteiger partial charge < -0.3 is 10.6 Å². The van der Waals surface area contributed by atoms with Crippen molar-refractivity contribution in [1.29, 1.82) is 0 Å². The van der Waals surface area contributed by atoms with Crippen molar-refractivity contribution in [1.82, 2.24) is 9.78 Å². The van der Waals surface area contributed by atoms with Gasteiger partial charge in [0, 0.05) is 25.7 Å². The standard InChI is InChI=1S/C16H30N4/c1-12-14(6-9-17)15(19(5)18-12)20-10-7-13(8-11-20)16(2,3)4/h13H,6-11,17H2,1-5H3. The Bertz CT molecular complexity index is 448. The van der Waals surface area contributed by atoms with Crippen LogP contribution >= 0.6 is 0 Å². The van der Waals surface area contributed by atoms with E-state index in [-0.39, 0.29) is 0 Å². The Morgan fingerprint density at radius 3 is 2.35 bits per heavy atom. The molecule has 1 saturated heterocycles. The van der Waals surface area contributed by atoms with E-state index in [1.54, 1.807) is 0 Å². The van der Waals surface area contributed by atoms with Crippen molar-refractivity contribution >= 4 is 5.82 Å². The first kappa shape index (κ1) is 15.4. The maximum atomic E-state index is 5.76. The van der Waals surface area contributed by atoms with E-state index in [2.05, 4.69) is 44.7 Å². The molecular weight excluding hydrogens is 248 g/mol. The maximum absolute atomic E-state index is 5.76. The van der Waals surface area contributed by atoms with E-state index in [1.165, 1.54) is 24.2 Å². The molecule has 114 valence electrons. The molecule has 1 aromatic heterocycles. The lowest BCUT2D eigenvalue weighted by Gasteiger charge is -2.39. The molecule has 1 aliphatic heterocycles. The van der Waals surface area contributed by atoms with Crippen molar-refractivity contribution in [2.45, 2.75) is 47.0 Å². The van der Waals surface area contributed by atoms with Crippen molar-refractivity contribution in [3.8, 4) is 0 Å². The highest BCUT2D eigenvalue weighted by atomic mass is 15.4. The molecule has 0 spiro atoms. The first-order valence-corrected chi connectivity index (χ1v) is 7.82. The van der Waals surface area contributed by atoms with Crippen LogP contribution in [0.2, 0.25) is 0 Å². The number of aromatic nitrogens is 2. The van der Waals surface area contributed by atoms with E-state index in [9.17, 15) is 0 Å². The second kappa shape index (κ2) is 5.76. The molecule has 20 heavy (non-hydrogen) atoms. The molecule has 2 heterocycles. The zero-order valence-corrected chi connectivity index (χ0v) is 13.7. The van der Waals surface area contributed by atoms with Crippen LogP contribution < -0.4 is 10.6 Å². The monoisotopic (exact) mass is 278 g/mol. The van der Waals surface area contributed by atoms with E-state index in [4.69, 9.17) is 5.73 Å². The molecule has 0 unspecified atom stereocenters. The summed E-state index contributed by atoms with van der Waals surface area (Å²) in [6, 6.07) is 0. The van der Waals surface area contributed by atoms with Crippen LogP contribution in [0.1, 0.15) is 44.9 Å². The van der Waals surface area contributed by atoms with Gasteiger partial charge in [0.15, 0.2) is 0 Å². The molecule has 1 fully saturated rings. The smallest absolute Gasteiger partial charge is 0.130 e. The highest BCUT2D eigenvalue weighted by molar-refractivity contribution is 5.50. The third kappa shape index (κ3) is 3.00. The van der Waals surface area contributed by atoms with E-state index in [0.717, 1.165) is 31.1 Å². The average molecular weight is 278 g/mol. The van der Waals surface area contributed by atoms with Crippen LogP contribution in [0.4, 0.5) is 5.82 Å². The van der Waals surface area contributed by atoms with Crippen LogP contribution in [-0.4, -0.2) is 29.4 Å². The van der Waals surface area contributed by atoms with E-state index in [0.29, 0.717) is 12.0 Å². The van der Waals surface area contributed by atoms with Gasteiger partial charge in [0.1, 0.15) is 5.82 Å². The van der Waals surface area contributed by atoms with Gasteiger partial charge in [0.25, 0.3) is 0 Å². The number of aryl methyl sites for hydroxylation is 2. The third-order valence-electron chi connectivity index (χ3n) is 4.73. The van der Waals surface area contributed by atoms with Gasteiger partial charge in [-0.25, -0.2) is 0 Å². The molecule has 0 radical (unpaired) electrons. The lowest BCUT2D eigenvalue weighted by Crippen LogP contribution is -2.39. The average Bonchev–Trinajstić information content (AvgIpc) is 2.64. The van der Waals surface area contributed by atoms with Gasteiger partial charge in [-0.2, -0.15) is 5.10 Å². The number of anilines is 1. The third-order valence-corrected chi connectivity index (χ3v) is 4.73. The fourth-order valence-electron chi connectivity index (χ4n) is 3.48. The molecule has 0 saturated carbocycles. The molecule has 1 aromatic rings. The number of nitrogens with two attached hydrogens (primary N) is 1. The fourth-order valence-corrected chi connectivity index (χ4v) is 3.48. The Kier molecular flexibility index (Phi) is 4.43. The summed E-state index contributed by atoms with van der Waals surface area (Å²) in [5.74, 6) is 2.12. The fraction of sp³-hybridized carbons (Fsp3) is 0.812. The number of nitrogens with zero attached hydrogens (tertiary/aromatic N) is 3. The van der Waals surface area contributed by atoms with Crippen LogP contribution in [0.3, 0.4) is 0 Å². The lowest BCUT2D eigenvalue weighted by molar-refractivity contribution is 0.198. The largest absolute Gasteiger partial charge is 0.357 e. The second-order valence-corrected chi connectivity index (χ2v) is 7.18. The highest BCUT2D eigenvalue weighted by Crippen LogP contribution is 2.36. The van der Waals surface area contributed by atoms with Crippen molar-refractivity contribution in [3.05, 3.63) is 11.3 Å². The summed E-state index contributed by atoms with van der Waals surface area (Å²) >= 11 is 0. The first-order valence-electron chi connectivity index (χ1n) is 7.82. The molecule has 0 aliphatic carbocycles. The summed E-state index contributed by atoms with van der Waals surface area (Å²) in [5, 5.41) is 4.59. The summed E-state index contributed by atoms with van der Waals surface area (Å²) < 4.78 is 2.04. The van der Waals surface area contributed by atoms with Gasteiger partial charge in [0.05, 0.1) is 5.69 Å². The molecule has 4 nitrogen and oxygen atoms in total. The number of piperidine rings is 1. The summed E-state index contributed by atoms with van der Waals surface area (Å²) in [6.45, 7) is 12.1. The summed E-state index contributed by atoms with van der Waals surface area (Å²) in [6.07, 6.45) is 3.47. The maximum Gasteiger partial charge on any atom is 0.130 e. The van der Waals surface area contributed by atoms with Crippen LogP contribution in [0, 0.1) is 18.3 Å². The molecule has 0 atom stereocenters. The van der Waals surface area contributed by atoms with Crippen molar-refractivity contribution in [2.24, 2.45) is 24.1 Å². The predicted molar refractivity (Wildman–Crippen MR) is 85.1 cm³/mol. The van der Waals surface area contributed by atoms with Crippen molar-refractivity contribution in [2.75, 3.05) is 24.5 Å². The van der Waals surface area contributed by atoms with E-state index in [1.807, 2.05) is 4.68 Å². The second-order valence-electron chi connectivity index (χ2n) is 7.18. The Hall–Kier alpha value is -1.03. The van der Waals surface area contributed by atoms with Gasteiger partial charge in [-0.15, -0.1) is 0 Å². The molecular formula is C16H30N4. The molecule has 1 aliphatic rings. The minimum absolute atomic E-state index is 0.425. The Morgan fingerprint density at radius 1 is 1.25 bits per heavy atom. The topological polar surface area (TPSA) is 47.1 Å². The molecule has 2 rings (SSSR count). The van der Waals surface area contributed by atoms with Gasteiger partial charge in [0.2, 0.25) is 0 Å². The Morgan fingerprint density at radius 2 is 1.85 bits per heavy atom. The number of rotatable bonds is 3. The van der Waals surface area contributed by atoms with Crippen molar-refractivity contribution < 1.29 is 0 Å². The summed E-state index contributed by atoms with van der Waals surface area (Å²) in [4.78, 5) is 2.51. The molecule has 0 bridgehead atoms. The summed E-state index contributed by atoms with van der Waals surface area (Å²) in [5.41, 5.74) is 8.65. The van der Waals surface area contributed by atoms with Crippen molar-refractivity contribution in [3.63, 3.8) is 0 Å². The van der Waals surface area contributed by atoms with Gasteiger partial charge >= 0.3 is 0 Å². The van der Waals surface area contributed by atoms with E-state index >= 15 is 0 Å². The number of hydrogen-bond acceptors (Lipinski definition) is 3. The van der Waals surface area contributed by atoms with E-state index < -0.39 is 0 Å². The van der Waals surface area contributed by atoms with Gasteiger partial charge in [-0.1, -0.05) is 20.8 Å². The highest BCUT2D eigenvalue weighted by Gasteiger charge is 2.30. The predicted octanol–water partition coefficient (Wildman–Crippen LogP) is 2.49. The quantitative estimate of drug-likeness (QED) is 0.924. The first-order chi connectivity index (χ1) is 9.34. The summed E-state index contributed by atoms with van der Waals surface area (Å²) in [7, 11) is 2.05. The van der Waals surface area contributed by atoms with Crippen LogP contribution in [0.25, 0.3) is 0 Å². The minimum atomic E-state index is 0.425. The molecule has 0 aromatic carbocycles. The van der Waals surface area contributed by atoms with Gasteiger partial charge in [-0.05, 0) is 44.1 Å². The normalized spacial score (nSPS) is 17.8. The zero-order valence-electron chi connectivity index (χ0n) is 13.7. The zero-order chi connectivity index (χ0) is 14.9. The lowest BCUT2D eigenvalue weighted by atomic mass is 9.75. The number of hydrogen-bond donors (Lipinski definition) is 1. The van der Waals surface area contributed by atoms with Gasteiger partial charge in [-0.3, -0.25) is 4.68 Å². The van der Waals surface area contributed by atoms with Crippen LogP contribution in [0.15, 0.2) is 0 Å². The minimum Gasteiger partial charge on any atom is -0.357 e. The SMILES string of the molecule is Cc1nn(C)c(N2CCC(C(C)(C)C)CC2)c1CCN. The molecule has 2 N–H and O–H groups in total. The molecule has 4 heteroatoms. The molecule has 0 amide bonds. The Labute approximate surface area is 123 Å².